The Balaban J connectivity index is 1.17. The van der Waals surface area contributed by atoms with Crippen LogP contribution in [0, 0.1) is 5.92 Å². The lowest BCUT2D eigenvalue weighted by Gasteiger charge is -2.31. The number of hydrogen-bond donors (Lipinski definition) is 1. The molecule has 2 aromatic carbocycles. The number of anilines is 2. The maximum absolute atomic E-state index is 12.5. The molecule has 1 amide bonds. The largest absolute Gasteiger partial charge is 0.378 e. The van der Waals surface area contributed by atoms with Crippen LogP contribution in [-0.4, -0.2) is 56.7 Å². The van der Waals surface area contributed by atoms with Gasteiger partial charge in [-0.2, -0.15) is 0 Å². The number of aryl methyl sites for hydroxylation is 1. The zero-order chi connectivity index (χ0) is 20.6. The first-order chi connectivity index (χ1) is 14.8. The molecule has 0 aromatic heterocycles. The van der Waals surface area contributed by atoms with E-state index in [9.17, 15) is 4.79 Å². The first-order valence-electron chi connectivity index (χ1n) is 11.3. The Hall–Kier alpha value is -2.37. The summed E-state index contributed by atoms with van der Waals surface area (Å²) in [5.74, 6) is 0.856. The van der Waals surface area contributed by atoms with Gasteiger partial charge in [-0.1, -0.05) is 30.3 Å². The van der Waals surface area contributed by atoms with E-state index < -0.39 is 0 Å². The lowest BCUT2D eigenvalue weighted by Crippen LogP contribution is -2.39. The molecule has 2 fully saturated rings. The van der Waals surface area contributed by atoms with Crippen molar-refractivity contribution in [1.29, 1.82) is 0 Å². The zero-order valence-corrected chi connectivity index (χ0v) is 17.8. The van der Waals surface area contributed by atoms with Gasteiger partial charge in [0.1, 0.15) is 0 Å². The second kappa shape index (κ2) is 10.6. The van der Waals surface area contributed by atoms with Gasteiger partial charge in [0.25, 0.3) is 0 Å². The van der Waals surface area contributed by atoms with Crippen LogP contribution < -0.4 is 10.2 Å². The Morgan fingerprint density at radius 3 is 2.33 bits per heavy atom. The van der Waals surface area contributed by atoms with Crippen molar-refractivity contribution in [2.45, 2.75) is 25.7 Å². The molecule has 2 aliphatic heterocycles. The fourth-order valence-electron chi connectivity index (χ4n) is 4.43. The first kappa shape index (κ1) is 20.9. The van der Waals surface area contributed by atoms with E-state index in [1.54, 1.807) is 0 Å². The van der Waals surface area contributed by atoms with Gasteiger partial charge in [0, 0.05) is 24.5 Å². The normalized spacial score (nSPS) is 18.3. The van der Waals surface area contributed by atoms with Gasteiger partial charge in [0.15, 0.2) is 0 Å². The zero-order valence-electron chi connectivity index (χ0n) is 17.8. The molecule has 2 aromatic rings. The second-order valence-corrected chi connectivity index (χ2v) is 8.44. The average molecular weight is 408 g/mol. The minimum Gasteiger partial charge on any atom is -0.378 e. The molecule has 5 heteroatoms. The van der Waals surface area contributed by atoms with Crippen LogP contribution in [0.5, 0.6) is 0 Å². The summed E-state index contributed by atoms with van der Waals surface area (Å²) < 4.78 is 5.41. The Labute approximate surface area is 180 Å². The number of ether oxygens (including phenoxy) is 1. The van der Waals surface area contributed by atoms with Gasteiger partial charge in [-0.3, -0.25) is 9.69 Å². The number of likely N-dealkylation sites (tertiary alicyclic amines) is 1. The van der Waals surface area contributed by atoms with E-state index in [0.717, 1.165) is 57.4 Å². The van der Waals surface area contributed by atoms with Crippen LogP contribution in [0.25, 0.3) is 0 Å². The van der Waals surface area contributed by atoms with Gasteiger partial charge in [-0.15, -0.1) is 0 Å². The molecule has 2 saturated heterocycles. The fourth-order valence-corrected chi connectivity index (χ4v) is 4.43. The lowest BCUT2D eigenvalue weighted by molar-refractivity contribution is -0.117. The Morgan fingerprint density at radius 2 is 1.63 bits per heavy atom. The molecule has 0 saturated carbocycles. The van der Waals surface area contributed by atoms with Crippen molar-refractivity contribution in [1.82, 2.24) is 4.90 Å². The molecule has 1 N–H and O–H groups in total. The molecule has 2 aliphatic rings. The molecule has 4 rings (SSSR count). The highest BCUT2D eigenvalue weighted by atomic mass is 16.5. The molecule has 0 atom stereocenters. The topological polar surface area (TPSA) is 44.8 Å². The SMILES string of the molecule is O=C(CN1CCC(CCc2ccccc2)CC1)Nc1ccc(N2CCOCC2)cc1. The molecular formula is C25H33N3O2. The maximum atomic E-state index is 12.5. The standard InChI is InChI=1S/C25H33N3O2/c29-25(26-23-8-10-24(11-9-23)28-16-18-30-19-17-28)20-27-14-12-22(13-15-27)7-6-21-4-2-1-3-5-21/h1-5,8-11,22H,6-7,12-20H2,(H,26,29). The molecule has 0 spiro atoms. The number of rotatable bonds is 7. The third kappa shape index (κ3) is 6.07. The van der Waals surface area contributed by atoms with Gasteiger partial charge in [-0.05, 0) is 74.5 Å². The highest BCUT2D eigenvalue weighted by Crippen LogP contribution is 2.23. The van der Waals surface area contributed by atoms with Crippen molar-refractivity contribution in [3.8, 4) is 0 Å². The maximum Gasteiger partial charge on any atom is 0.238 e. The minimum absolute atomic E-state index is 0.0804. The molecule has 0 aliphatic carbocycles. The second-order valence-electron chi connectivity index (χ2n) is 8.44. The van der Waals surface area contributed by atoms with Gasteiger partial charge in [-0.25, -0.2) is 0 Å². The fraction of sp³-hybridized carbons (Fsp3) is 0.480. The van der Waals surface area contributed by atoms with Gasteiger partial charge in [0.05, 0.1) is 19.8 Å². The predicted octanol–water partition coefficient (Wildman–Crippen LogP) is 3.81. The van der Waals surface area contributed by atoms with Crippen molar-refractivity contribution >= 4 is 17.3 Å². The summed E-state index contributed by atoms with van der Waals surface area (Å²) in [6.07, 6.45) is 4.79. The number of morpholine rings is 1. The molecule has 0 radical (unpaired) electrons. The number of hydrogen-bond acceptors (Lipinski definition) is 4. The molecule has 5 nitrogen and oxygen atoms in total. The number of benzene rings is 2. The summed E-state index contributed by atoms with van der Waals surface area (Å²) in [5, 5.41) is 3.05. The summed E-state index contributed by atoms with van der Waals surface area (Å²) in [6.45, 7) is 5.92. The van der Waals surface area contributed by atoms with Crippen LogP contribution in [-0.2, 0) is 16.0 Å². The minimum atomic E-state index is 0.0804. The van der Waals surface area contributed by atoms with Crippen molar-refractivity contribution in [2.75, 3.05) is 56.2 Å². The Bertz CT molecular complexity index is 780. The predicted molar refractivity (Wildman–Crippen MR) is 122 cm³/mol. The van der Waals surface area contributed by atoms with Crippen molar-refractivity contribution in [3.63, 3.8) is 0 Å². The number of amides is 1. The van der Waals surface area contributed by atoms with Crippen LogP contribution in [0.2, 0.25) is 0 Å². The van der Waals surface area contributed by atoms with Gasteiger partial charge < -0.3 is 15.0 Å². The van der Waals surface area contributed by atoms with Crippen LogP contribution >= 0.6 is 0 Å². The number of nitrogens with one attached hydrogen (secondary N) is 1. The van der Waals surface area contributed by atoms with E-state index in [4.69, 9.17) is 4.74 Å². The number of piperidine rings is 1. The van der Waals surface area contributed by atoms with E-state index in [-0.39, 0.29) is 5.91 Å². The quantitative estimate of drug-likeness (QED) is 0.758. The van der Waals surface area contributed by atoms with Crippen LogP contribution in [0.1, 0.15) is 24.8 Å². The van der Waals surface area contributed by atoms with Crippen molar-refractivity contribution in [3.05, 3.63) is 60.2 Å². The monoisotopic (exact) mass is 407 g/mol. The molecule has 160 valence electrons. The van der Waals surface area contributed by atoms with Crippen LogP contribution in [0.15, 0.2) is 54.6 Å². The molecule has 0 bridgehead atoms. The van der Waals surface area contributed by atoms with Gasteiger partial charge >= 0.3 is 0 Å². The summed E-state index contributed by atoms with van der Waals surface area (Å²) in [5.41, 5.74) is 3.49. The number of carbonyl (C=O) groups is 1. The van der Waals surface area contributed by atoms with Crippen molar-refractivity contribution in [2.24, 2.45) is 5.92 Å². The summed E-state index contributed by atoms with van der Waals surface area (Å²) >= 11 is 0. The van der Waals surface area contributed by atoms with E-state index in [2.05, 4.69) is 57.6 Å². The van der Waals surface area contributed by atoms with E-state index in [1.807, 2.05) is 12.1 Å². The van der Waals surface area contributed by atoms with Gasteiger partial charge in [0.2, 0.25) is 5.91 Å². The highest BCUT2D eigenvalue weighted by molar-refractivity contribution is 5.92. The van der Waals surface area contributed by atoms with E-state index >= 15 is 0 Å². The average Bonchev–Trinajstić information content (AvgIpc) is 2.80. The third-order valence-corrected chi connectivity index (χ3v) is 6.29. The van der Waals surface area contributed by atoms with Crippen molar-refractivity contribution < 1.29 is 9.53 Å². The number of carbonyl (C=O) groups excluding carboxylic acids is 1. The summed E-state index contributed by atoms with van der Waals surface area (Å²) in [4.78, 5) is 17.1. The summed E-state index contributed by atoms with van der Waals surface area (Å²) in [7, 11) is 0. The summed E-state index contributed by atoms with van der Waals surface area (Å²) in [6, 6.07) is 18.9. The number of nitrogens with zero attached hydrogens (tertiary/aromatic N) is 2. The highest BCUT2D eigenvalue weighted by Gasteiger charge is 2.21. The molecular weight excluding hydrogens is 374 g/mol. The first-order valence-corrected chi connectivity index (χ1v) is 11.3. The molecule has 0 unspecified atom stereocenters. The molecule has 2 heterocycles. The lowest BCUT2D eigenvalue weighted by atomic mass is 9.90. The Kier molecular flexibility index (Phi) is 7.38. The van der Waals surface area contributed by atoms with Crippen LogP contribution in [0.3, 0.4) is 0 Å². The van der Waals surface area contributed by atoms with E-state index in [1.165, 1.54) is 30.5 Å². The van der Waals surface area contributed by atoms with Crippen LogP contribution in [0.4, 0.5) is 11.4 Å². The third-order valence-electron chi connectivity index (χ3n) is 6.29. The Morgan fingerprint density at radius 1 is 0.933 bits per heavy atom. The smallest absolute Gasteiger partial charge is 0.238 e. The van der Waals surface area contributed by atoms with E-state index in [0.29, 0.717) is 6.54 Å². The molecule has 30 heavy (non-hydrogen) atoms.